The number of carbonyl (C=O) groups is 1. The molecule has 1 N–H and O–H groups in total. The Morgan fingerprint density at radius 2 is 1.87 bits per heavy atom. The first-order valence-corrected chi connectivity index (χ1v) is 13.4. The van der Waals surface area contributed by atoms with E-state index in [-0.39, 0.29) is 23.2 Å². The summed E-state index contributed by atoms with van der Waals surface area (Å²) >= 11 is 0. The molecule has 204 valence electrons. The summed E-state index contributed by atoms with van der Waals surface area (Å²) in [6.45, 7) is 7.72. The summed E-state index contributed by atoms with van der Waals surface area (Å²) in [5.74, 6) is 0.619. The fourth-order valence-corrected chi connectivity index (χ4v) is 5.95. The molecule has 4 heterocycles. The van der Waals surface area contributed by atoms with Crippen molar-refractivity contribution in [1.29, 1.82) is 0 Å². The average molecular weight is 530 g/mol. The number of carbonyl (C=O) groups excluding carboxylic acids is 1. The van der Waals surface area contributed by atoms with Gasteiger partial charge in [0.25, 0.3) is 5.56 Å². The molecule has 39 heavy (non-hydrogen) atoms. The summed E-state index contributed by atoms with van der Waals surface area (Å²) in [5.41, 5.74) is 6.61. The van der Waals surface area contributed by atoms with Crippen LogP contribution in [0, 0.1) is 12.7 Å². The quantitative estimate of drug-likeness (QED) is 0.452. The van der Waals surface area contributed by atoms with Gasteiger partial charge in [-0.25, -0.2) is 4.39 Å². The van der Waals surface area contributed by atoms with E-state index in [4.69, 9.17) is 0 Å². The molecule has 0 radical (unpaired) electrons. The number of anilines is 2. The van der Waals surface area contributed by atoms with E-state index in [2.05, 4.69) is 58.9 Å². The maximum Gasteiger partial charge on any atom is 0.257 e. The summed E-state index contributed by atoms with van der Waals surface area (Å²) in [6.07, 6.45) is 6.76. The van der Waals surface area contributed by atoms with Gasteiger partial charge in [-0.15, -0.1) is 0 Å². The molecular weight excluding hydrogens is 493 g/mol. The minimum absolute atomic E-state index is 0.0744. The van der Waals surface area contributed by atoms with Crippen LogP contribution < -0.4 is 15.8 Å². The van der Waals surface area contributed by atoms with Gasteiger partial charge in [0.15, 0.2) is 5.78 Å². The fraction of sp³-hybridized carbons (Fsp3) is 0.355. The number of likely N-dealkylation sites (N-methyl/N-ethyl adjacent to an activating group) is 1. The molecule has 1 atom stereocenters. The van der Waals surface area contributed by atoms with E-state index in [0.29, 0.717) is 24.2 Å². The molecule has 0 saturated heterocycles. The molecule has 2 aliphatic rings. The van der Waals surface area contributed by atoms with Crippen LogP contribution in [0.15, 0.2) is 53.5 Å². The number of benzene rings is 1. The predicted molar refractivity (Wildman–Crippen MR) is 156 cm³/mol. The molecule has 3 aromatic rings. The van der Waals surface area contributed by atoms with Gasteiger partial charge in [-0.2, -0.15) is 0 Å². The summed E-state index contributed by atoms with van der Waals surface area (Å²) in [6, 6.07) is 8.97. The van der Waals surface area contributed by atoms with Crippen LogP contribution in [0.3, 0.4) is 0 Å². The van der Waals surface area contributed by atoms with E-state index in [9.17, 15) is 14.0 Å². The second kappa shape index (κ2) is 10.3. The Labute approximate surface area is 228 Å². The normalized spacial score (nSPS) is 16.4. The van der Waals surface area contributed by atoms with Crippen LogP contribution in [0.4, 0.5) is 15.9 Å². The van der Waals surface area contributed by atoms with Crippen molar-refractivity contribution < 1.29 is 9.18 Å². The van der Waals surface area contributed by atoms with Crippen LogP contribution in [0.1, 0.15) is 59.1 Å². The third-order valence-electron chi connectivity index (χ3n) is 8.13. The van der Waals surface area contributed by atoms with E-state index in [1.54, 1.807) is 23.7 Å². The maximum absolute atomic E-state index is 15.0. The number of hydrogen-bond donors (Lipinski definition) is 1. The van der Waals surface area contributed by atoms with Gasteiger partial charge in [0, 0.05) is 87.2 Å². The van der Waals surface area contributed by atoms with Crippen molar-refractivity contribution in [3.63, 3.8) is 0 Å². The molecular formula is C31H36FN5O2. The lowest BCUT2D eigenvalue weighted by Gasteiger charge is -2.33. The lowest BCUT2D eigenvalue weighted by molar-refractivity contribution is 0.101. The van der Waals surface area contributed by atoms with Crippen molar-refractivity contribution in [3.05, 3.63) is 92.8 Å². The number of fused-ring (bicyclic) bond motifs is 1. The van der Waals surface area contributed by atoms with Gasteiger partial charge in [-0.05, 0) is 68.7 Å². The number of aryl methyl sites for hydroxylation is 1. The van der Waals surface area contributed by atoms with Gasteiger partial charge in [-0.1, -0.05) is 6.08 Å². The Kier molecular flexibility index (Phi) is 7.07. The number of pyridine rings is 1. The van der Waals surface area contributed by atoms with Crippen LogP contribution in [-0.2, 0) is 7.05 Å². The smallest absolute Gasteiger partial charge is 0.257 e. The summed E-state index contributed by atoms with van der Waals surface area (Å²) in [7, 11) is 5.95. The zero-order chi connectivity index (χ0) is 28.0. The number of Topliss-reactive ketones (excluding diaryl/α,β-unsaturated/α-hetero) is 1. The van der Waals surface area contributed by atoms with Gasteiger partial charge in [0.2, 0.25) is 0 Å². The number of nitrogens with zero attached hydrogens (tertiary/aromatic N) is 4. The number of ketones is 1. The Morgan fingerprint density at radius 3 is 2.49 bits per heavy atom. The van der Waals surface area contributed by atoms with Crippen molar-refractivity contribution >= 4 is 28.6 Å². The first-order chi connectivity index (χ1) is 18.6. The highest BCUT2D eigenvalue weighted by molar-refractivity contribution is 5.94. The average Bonchev–Trinajstić information content (AvgIpc) is 3.26. The first-order valence-electron chi connectivity index (χ1n) is 13.4. The highest BCUT2D eigenvalue weighted by atomic mass is 19.1. The number of aromatic nitrogens is 2. The minimum atomic E-state index is -0.330. The Bertz CT molecular complexity index is 1550. The monoisotopic (exact) mass is 529 g/mol. The van der Waals surface area contributed by atoms with Crippen molar-refractivity contribution in [2.24, 2.45) is 7.05 Å². The van der Waals surface area contributed by atoms with Gasteiger partial charge >= 0.3 is 0 Å². The van der Waals surface area contributed by atoms with Crippen molar-refractivity contribution in [2.75, 3.05) is 43.9 Å². The third kappa shape index (κ3) is 4.74. The second-order valence-electron chi connectivity index (χ2n) is 10.6. The van der Waals surface area contributed by atoms with Crippen LogP contribution in [0.2, 0.25) is 0 Å². The van der Waals surface area contributed by atoms with Gasteiger partial charge < -0.3 is 14.8 Å². The largest absolute Gasteiger partial charge is 0.388 e. The number of nitrogens with one attached hydrogen (secondary N) is 1. The van der Waals surface area contributed by atoms with E-state index >= 15 is 0 Å². The molecule has 0 amide bonds. The van der Waals surface area contributed by atoms with Crippen molar-refractivity contribution in [2.45, 2.75) is 33.2 Å². The zero-order valence-corrected chi connectivity index (χ0v) is 23.5. The summed E-state index contributed by atoms with van der Waals surface area (Å²) in [4.78, 5) is 29.2. The molecule has 0 spiro atoms. The van der Waals surface area contributed by atoms with E-state index in [0.717, 1.165) is 52.6 Å². The molecule has 0 fully saturated rings. The minimum Gasteiger partial charge on any atom is -0.388 e. The SMILES string of the molecule is CNc1ccn(C2=CCN(C)c3c2cc(C(C)N2CC=C(c4c(C)cc(C(C)=O)cc4F)CC2)n3C)c(=O)c1. The van der Waals surface area contributed by atoms with Crippen LogP contribution in [0.25, 0.3) is 11.3 Å². The molecule has 0 bridgehead atoms. The first kappa shape index (κ1) is 26.7. The lowest BCUT2D eigenvalue weighted by atomic mass is 9.92. The Hall–Kier alpha value is -3.91. The molecule has 0 saturated carbocycles. The van der Waals surface area contributed by atoms with Gasteiger partial charge in [0.05, 0.1) is 5.70 Å². The van der Waals surface area contributed by atoms with E-state index < -0.39 is 0 Å². The van der Waals surface area contributed by atoms with Gasteiger partial charge in [-0.3, -0.25) is 19.1 Å². The maximum atomic E-state index is 15.0. The third-order valence-corrected chi connectivity index (χ3v) is 8.13. The highest BCUT2D eigenvalue weighted by Crippen LogP contribution is 2.38. The van der Waals surface area contributed by atoms with Crippen molar-refractivity contribution in [1.82, 2.24) is 14.0 Å². The number of hydrogen-bond acceptors (Lipinski definition) is 5. The zero-order valence-electron chi connectivity index (χ0n) is 23.5. The lowest BCUT2D eigenvalue weighted by Crippen LogP contribution is -2.32. The molecule has 1 unspecified atom stereocenters. The fourth-order valence-electron chi connectivity index (χ4n) is 5.95. The van der Waals surface area contributed by atoms with Crippen molar-refractivity contribution in [3.8, 4) is 0 Å². The Morgan fingerprint density at radius 1 is 1.10 bits per heavy atom. The van der Waals surface area contributed by atoms with E-state index in [1.807, 2.05) is 19.2 Å². The molecule has 1 aromatic carbocycles. The molecule has 5 rings (SSSR count). The number of halogens is 1. The molecule has 2 aromatic heterocycles. The Balaban J connectivity index is 1.43. The molecule has 7 nitrogen and oxygen atoms in total. The summed E-state index contributed by atoms with van der Waals surface area (Å²) in [5, 5.41) is 3.03. The molecule has 8 heteroatoms. The van der Waals surface area contributed by atoms with Gasteiger partial charge in [0.1, 0.15) is 11.6 Å². The standard InChI is InChI=1S/C31H36FN5O2/c1-19-15-23(21(3)38)16-26(32)30(19)22-7-12-36(13-8-22)20(2)28-18-25-27(10-11-34(5)31(25)35(28)6)37-14-9-24(33-4)17-29(37)39/h7,9-10,14-18,20,33H,8,11-13H2,1-6H3. The van der Waals surface area contributed by atoms with Crippen LogP contribution in [0.5, 0.6) is 0 Å². The second-order valence-corrected chi connectivity index (χ2v) is 10.6. The molecule has 0 aliphatic carbocycles. The van der Waals surface area contributed by atoms with E-state index in [1.165, 1.54) is 13.0 Å². The molecule has 2 aliphatic heterocycles. The predicted octanol–water partition coefficient (Wildman–Crippen LogP) is 5.07. The topological polar surface area (TPSA) is 62.5 Å². The summed E-state index contributed by atoms with van der Waals surface area (Å²) < 4.78 is 18.9. The highest BCUT2D eigenvalue weighted by Gasteiger charge is 2.29. The van der Waals surface area contributed by atoms with Crippen LogP contribution >= 0.6 is 0 Å². The number of rotatable bonds is 6. The van der Waals surface area contributed by atoms with Crippen LogP contribution in [-0.4, -0.2) is 53.5 Å².